The number of carbonyl (C=O) groups is 1. The Hall–Kier alpha value is -2.04. The first kappa shape index (κ1) is 17.3. The third kappa shape index (κ3) is 5.58. The molecule has 0 atom stereocenters. The lowest BCUT2D eigenvalue weighted by Gasteiger charge is -2.07. The van der Waals surface area contributed by atoms with Crippen molar-refractivity contribution in [3.05, 3.63) is 69.7 Å². The SMILES string of the molecule is O=C(O)CCC(=NOCc1ccccc1)c1ccc(Cl)c(Cl)c1. The van der Waals surface area contributed by atoms with Gasteiger partial charge in [0.05, 0.1) is 22.2 Å². The number of hydrogen-bond donors (Lipinski definition) is 1. The number of aliphatic carboxylic acids is 1. The van der Waals surface area contributed by atoms with Crippen LogP contribution in [0.15, 0.2) is 53.7 Å². The molecule has 6 heteroatoms. The summed E-state index contributed by atoms with van der Waals surface area (Å²) >= 11 is 11.9. The van der Waals surface area contributed by atoms with Crippen LogP contribution in [0.4, 0.5) is 0 Å². The predicted octanol–water partition coefficient (Wildman–Crippen LogP) is 4.78. The lowest BCUT2D eigenvalue weighted by molar-refractivity contribution is -0.136. The Balaban J connectivity index is 2.13. The Morgan fingerprint density at radius 2 is 1.78 bits per heavy atom. The zero-order valence-corrected chi connectivity index (χ0v) is 13.7. The van der Waals surface area contributed by atoms with E-state index in [1.54, 1.807) is 18.2 Å². The minimum Gasteiger partial charge on any atom is -0.481 e. The zero-order chi connectivity index (χ0) is 16.7. The fourth-order valence-corrected chi connectivity index (χ4v) is 2.20. The van der Waals surface area contributed by atoms with Crippen LogP contribution >= 0.6 is 23.2 Å². The molecule has 2 rings (SSSR count). The highest BCUT2D eigenvalue weighted by molar-refractivity contribution is 6.42. The molecule has 2 aromatic rings. The van der Waals surface area contributed by atoms with Crippen molar-refractivity contribution in [3.63, 3.8) is 0 Å². The molecule has 4 nitrogen and oxygen atoms in total. The highest BCUT2D eigenvalue weighted by Gasteiger charge is 2.10. The third-order valence-corrected chi connectivity index (χ3v) is 3.82. The second kappa shape index (κ2) is 8.56. The molecule has 0 aliphatic rings. The second-order valence-electron chi connectivity index (χ2n) is 4.82. The predicted molar refractivity (Wildman–Crippen MR) is 91.1 cm³/mol. The van der Waals surface area contributed by atoms with Crippen molar-refractivity contribution in [2.45, 2.75) is 19.4 Å². The molecule has 0 fully saturated rings. The molecule has 2 aromatic carbocycles. The molecule has 0 unspecified atom stereocenters. The molecule has 0 radical (unpaired) electrons. The summed E-state index contributed by atoms with van der Waals surface area (Å²) in [6.07, 6.45) is 0.190. The van der Waals surface area contributed by atoms with Crippen LogP contribution in [0, 0.1) is 0 Å². The number of halogens is 2. The molecule has 0 aromatic heterocycles. The summed E-state index contributed by atoms with van der Waals surface area (Å²) in [7, 11) is 0. The molecule has 23 heavy (non-hydrogen) atoms. The van der Waals surface area contributed by atoms with E-state index in [0.717, 1.165) is 5.56 Å². The van der Waals surface area contributed by atoms with Gasteiger partial charge in [-0.05, 0) is 17.7 Å². The van der Waals surface area contributed by atoms with Crippen LogP contribution in [0.25, 0.3) is 0 Å². The lowest BCUT2D eigenvalue weighted by Crippen LogP contribution is -2.06. The molecule has 1 N–H and O–H groups in total. The van der Waals surface area contributed by atoms with Gasteiger partial charge in [0.1, 0.15) is 6.61 Å². The molecule has 0 saturated carbocycles. The molecule has 0 bridgehead atoms. The van der Waals surface area contributed by atoms with Crippen LogP contribution in [-0.4, -0.2) is 16.8 Å². The van der Waals surface area contributed by atoms with Gasteiger partial charge in [0.2, 0.25) is 0 Å². The second-order valence-corrected chi connectivity index (χ2v) is 5.63. The number of hydrogen-bond acceptors (Lipinski definition) is 3. The number of carboxylic acid groups (broad SMARTS) is 1. The Morgan fingerprint density at radius 1 is 1.04 bits per heavy atom. The Bertz CT molecular complexity index is 702. The van der Waals surface area contributed by atoms with Gasteiger partial charge in [0, 0.05) is 12.0 Å². The summed E-state index contributed by atoms with van der Waals surface area (Å²) < 4.78 is 0. The summed E-state index contributed by atoms with van der Waals surface area (Å²) in [6, 6.07) is 14.6. The lowest BCUT2D eigenvalue weighted by atomic mass is 10.1. The molecule has 0 aliphatic heterocycles. The van der Waals surface area contributed by atoms with Crippen molar-refractivity contribution in [2.75, 3.05) is 0 Å². The van der Waals surface area contributed by atoms with Crippen molar-refractivity contribution < 1.29 is 14.7 Å². The van der Waals surface area contributed by atoms with Crippen molar-refractivity contribution >= 4 is 34.9 Å². The maximum atomic E-state index is 10.8. The first-order chi connectivity index (χ1) is 11.1. The van der Waals surface area contributed by atoms with Gasteiger partial charge >= 0.3 is 5.97 Å². The summed E-state index contributed by atoms with van der Waals surface area (Å²) in [4.78, 5) is 16.2. The van der Waals surface area contributed by atoms with E-state index >= 15 is 0 Å². The average Bonchev–Trinajstić information content (AvgIpc) is 2.54. The van der Waals surface area contributed by atoms with Gasteiger partial charge in [-0.15, -0.1) is 0 Å². The molecule has 0 spiro atoms. The zero-order valence-electron chi connectivity index (χ0n) is 12.2. The normalized spacial score (nSPS) is 11.3. The average molecular weight is 352 g/mol. The van der Waals surface area contributed by atoms with Crippen LogP contribution in [0.2, 0.25) is 10.0 Å². The molecule has 0 amide bonds. The van der Waals surface area contributed by atoms with Gasteiger partial charge in [0.15, 0.2) is 0 Å². The van der Waals surface area contributed by atoms with Gasteiger partial charge in [-0.3, -0.25) is 4.79 Å². The van der Waals surface area contributed by atoms with E-state index in [2.05, 4.69) is 5.16 Å². The topological polar surface area (TPSA) is 58.9 Å². The standard InChI is InChI=1S/C17H15Cl2NO3/c18-14-7-6-13(10-15(14)19)16(8-9-17(21)22)20-23-11-12-4-2-1-3-5-12/h1-7,10H,8-9,11H2,(H,21,22). The third-order valence-electron chi connectivity index (χ3n) is 3.08. The number of carboxylic acids is 1. The summed E-state index contributed by atoms with van der Waals surface area (Å²) in [5.41, 5.74) is 2.18. The van der Waals surface area contributed by atoms with Gasteiger partial charge in [0.25, 0.3) is 0 Å². The summed E-state index contributed by atoms with van der Waals surface area (Å²) in [6.45, 7) is 0.304. The van der Waals surface area contributed by atoms with E-state index < -0.39 is 5.97 Å². The van der Waals surface area contributed by atoms with Crippen LogP contribution < -0.4 is 0 Å². The van der Waals surface area contributed by atoms with Gasteiger partial charge < -0.3 is 9.94 Å². The summed E-state index contributed by atoms with van der Waals surface area (Å²) in [5.74, 6) is -0.902. The molecule has 0 saturated heterocycles. The maximum absolute atomic E-state index is 10.8. The quantitative estimate of drug-likeness (QED) is 0.576. The van der Waals surface area contributed by atoms with E-state index in [-0.39, 0.29) is 12.8 Å². The van der Waals surface area contributed by atoms with E-state index in [1.165, 1.54) is 0 Å². The maximum Gasteiger partial charge on any atom is 0.303 e. The molecule has 0 aliphatic carbocycles. The van der Waals surface area contributed by atoms with Crippen molar-refractivity contribution in [3.8, 4) is 0 Å². The van der Waals surface area contributed by atoms with Gasteiger partial charge in [-0.25, -0.2) is 0 Å². The number of benzene rings is 2. The van der Waals surface area contributed by atoms with Crippen molar-refractivity contribution in [2.24, 2.45) is 5.16 Å². The van der Waals surface area contributed by atoms with Crippen molar-refractivity contribution in [1.82, 2.24) is 0 Å². The highest BCUT2D eigenvalue weighted by atomic mass is 35.5. The number of oxime groups is 1. The smallest absolute Gasteiger partial charge is 0.303 e. The van der Waals surface area contributed by atoms with Crippen LogP contribution in [0.1, 0.15) is 24.0 Å². The summed E-state index contributed by atoms with van der Waals surface area (Å²) in [5, 5.41) is 13.8. The van der Waals surface area contributed by atoms with E-state index in [4.69, 9.17) is 33.1 Å². The Kier molecular flexibility index (Phi) is 6.44. The Morgan fingerprint density at radius 3 is 2.43 bits per heavy atom. The number of rotatable bonds is 7. The van der Waals surface area contributed by atoms with Crippen LogP contribution in [0.3, 0.4) is 0 Å². The molecule has 0 heterocycles. The number of nitrogens with zero attached hydrogens (tertiary/aromatic N) is 1. The van der Waals surface area contributed by atoms with E-state index in [0.29, 0.717) is 27.9 Å². The Labute approximate surface area is 144 Å². The fraction of sp³-hybridized carbons (Fsp3) is 0.176. The largest absolute Gasteiger partial charge is 0.481 e. The first-order valence-corrected chi connectivity index (χ1v) is 7.72. The van der Waals surface area contributed by atoms with E-state index in [1.807, 2.05) is 30.3 Å². The minimum absolute atomic E-state index is 0.0478. The molecular formula is C17H15Cl2NO3. The van der Waals surface area contributed by atoms with Crippen LogP contribution in [-0.2, 0) is 16.2 Å². The highest BCUT2D eigenvalue weighted by Crippen LogP contribution is 2.23. The van der Waals surface area contributed by atoms with Crippen LogP contribution in [0.5, 0.6) is 0 Å². The monoisotopic (exact) mass is 351 g/mol. The van der Waals surface area contributed by atoms with Gasteiger partial charge in [-0.2, -0.15) is 0 Å². The van der Waals surface area contributed by atoms with Gasteiger partial charge in [-0.1, -0.05) is 64.8 Å². The first-order valence-electron chi connectivity index (χ1n) is 6.96. The van der Waals surface area contributed by atoms with Crippen molar-refractivity contribution in [1.29, 1.82) is 0 Å². The molecule has 120 valence electrons. The minimum atomic E-state index is -0.902. The van der Waals surface area contributed by atoms with E-state index in [9.17, 15) is 4.79 Å². The molecular weight excluding hydrogens is 337 g/mol. The fourth-order valence-electron chi connectivity index (χ4n) is 1.90.